The summed E-state index contributed by atoms with van der Waals surface area (Å²) in [5.74, 6) is -1.29. The van der Waals surface area contributed by atoms with Gasteiger partial charge in [-0.3, -0.25) is 14.8 Å². The van der Waals surface area contributed by atoms with Gasteiger partial charge in [0.1, 0.15) is 11.6 Å². The summed E-state index contributed by atoms with van der Waals surface area (Å²) in [7, 11) is 1.86. The number of hydrogen-bond donors (Lipinski definition) is 1. The summed E-state index contributed by atoms with van der Waals surface area (Å²) in [6.45, 7) is 2.72. The van der Waals surface area contributed by atoms with Crippen molar-refractivity contribution in [2.45, 2.75) is 38.4 Å². The third-order valence-electron chi connectivity index (χ3n) is 4.66. The van der Waals surface area contributed by atoms with Gasteiger partial charge in [-0.05, 0) is 31.9 Å². The third-order valence-corrected chi connectivity index (χ3v) is 4.66. The molecule has 0 unspecified atom stereocenters. The Morgan fingerprint density at radius 2 is 2.16 bits per heavy atom. The lowest BCUT2D eigenvalue weighted by Crippen LogP contribution is -2.51. The van der Waals surface area contributed by atoms with Crippen LogP contribution in [0.15, 0.2) is 30.5 Å². The molecule has 1 aliphatic heterocycles. The van der Waals surface area contributed by atoms with Gasteiger partial charge in [0.15, 0.2) is 0 Å². The number of carbonyl (C=O) groups excluding carboxylic acids is 1. The zero-order chi connectivity index (χ0) is 18.0. The Bertz CT molecular complexity index is 761. The van der Waals surface area contributed by atoms with Gasteiger partial charge >= 0.3 is 0 Å². The van der Waals surface area contributed by atoms with Gasteiger partial charge in [0, 0.05) is 44.0 Å². The fraction of sp³-hybridized carbons (Fsp3) is 0.444. The highest BCUT2D eigenvalue weighted by Gasteiger charge is 2.30. The Morgan fingerprint density at radius 1 is 1.36 bits per heavy atom. The fourth-order valence-corrected chi connectivity index (χ4v) is 3.30. The Morgan fingerprint density at radius 3 is 2.84 bits per heavy atom. The first-order chi connectivity index (χ1) is 12.0. The van der Waals surface area contributed by atoms with Gasteiger partial charge in [0.05, 0.1) is 11.7 Å². The van der Waals surface area contributed by atoms with Crippen LogP contribution in [0.25, 0.3) is 0 Å². The number of aryl methyl sites for hydroxylation is 1. The van der Waals surface area contributed by atoms with E-state index < -0.39 is 11.6 Å². The van der Waals surface area contributed by atoms with E-state index in [1.807, 2.05) is 20.0 Å². The lowest BCUT2D eigenvalue weighted by Gasteiger charge is -2.34. The number of carbonyl (C=O) groups is 1. The molecule has 0 aliphatic carbocycles. The summed E-state index contributed by atoms with van der Waals surface area (Å²) in [4.78, 5) is 14.4. The summed E-state index contributed by atoms with van der Waals surface area (Å²) < 4.78 is 28.7. The molecule has 134 valence electrons. The maximum atomic E-state index is 13.9. The van der Waals surface area contributed by atoms with Gasteiger partial charge in [0.25, 0.3) is 0 Å². The lowest BCUT2D eigenvalue weighted by molar-refractivity contribution is -0.136. The number of likely N-dealkylation sites (tertiary alicyclic amines) is 1. The Labute approximate surface area is 145 Å². The topological polar surface area (TPSA) is 50.2 Å². The zero-order valence-electron chi connectivity index (χ0n) is 14.4. The molecule has 3 rings (SSSR count). The minimum absolute atomic E-state index is 0.0241. The Hall–Kier alpha value is -2.28. The third kappa shape index (κ3) is 3.87. The number of nitrogens with zero attached hydrogens (tertiary/aromatic N) is 3. The standard InChI is InChI=1S/C18H22F2N4O/c1-12(17-7-8-21-23(17)2)22-16-4-3-9-24(18(16)25)11-13-5-6-14(19)10-15(13)20/h5-8,10,12,16,22H,3-4,9,11H2,1-2H3/t12-,16+/m1/s1. The van der Waals surface area contributed by atoms with E-state index in [1.165, 1.54) is 12.1 Å². The maximum Gasteiger partial charge on any atom is 0.240 e. The van der Waals surface area contributed by atoms with E-state index in [0.717, 1.165) is 24.6 Å². The SMILES string of the molecule is C[C@@H](N[C@H]1CCCN(Cc2ccc(F)cc2F)C1=O)c1ccnn1C. The molecule has 0 saturated carbocycles. The van der Waals surface area contributed by atoms with Crippen LogP contribution >= 0.6 is 0 Å². The first-order valence-electron chi connectivity index (χ1n) is 8.42. The summed E-state index contributed by atoms with van der Waals surface area (Å²) >= 11 is 0. The Kier molecular flexibility index (Phi) is 5.13. The number of amides is 1. The number of aromatic nitrogens is 2. The molecule has 7 heteroatoms. The predicted molar refractivity (Wildman–Crippen MR) is 89.6 cm³/mol. The summed E-state index contributed by atoms with van der Waals surface area (Å²) in [6.07, 6.45) is 3.30. The number of benzene rings is 1. The molecule has 5 nitrogen and oxygen atoms in total. The first kappa shape index (κ1) is 17.5. The average Bonchev–Trinajstić information content (AvgIpc) is 3.00. The molecule has 1 aromatic carbocycles. The van der Waals surface area contributed by atoms with E-state index in [-0.39, 0.29) is 24.5 Å². The van der Waals surface area contributed by atoms with Crippen molar-refractivity contribution in [2.24, 2.45) is 7.05 Å². The van der Waals surface area contributed by atoms with Crippen molar-refractivity contribution in [3.8, 4) is 0 Å². The van der Waals surface area contributed by atoms with Crippen LogP contribution in [0.3, 0.4) is 0 Å². The molecular weight excluding hydrogens is 326 g/mol. The molecular formula is C18H22F2N4O. The molecule has 0 spiro atoms. The second kappa shape index (κ2) is 7.31. The Balaban J connectivity index is 1.67. The second-order valence-corrected chi connectivity index (χ2v) is 6.46. The van der Waals surface area contributed by atoms with Crippen molar-refractivity contribution in [1.82, 2.24) is 20.0 Å². The number of nitrogens with one attached hydrogen (secondary N) is 1. The molecule has 2 heterocycles. The van der Waals surface area contributed by atoms with Crippen LogP contribution in [0.4, 0.5) is 8.78 Å². The first-order valence-corrected chi connectivity index (χ1v) is 8.42. The smallest absolute Gasteiger partial charge is 0.240 e. The van der Waals surface area contributed by atoms with Crippen LogP contribution in [-0.2, 0) is 18.4 Å². The zero-order valence-corrected chi connectivity index (χ0v) is 14.4. The van der Waals surface area contributed by atoms with E-state index in [4.69, 9.17) is 0 Å². The van der Waals surface area contributed by atoms with Crippen LogP contribution in [0, 0.1) is 11.6 Å². The largest absolute Gasteiger partial charge is 0.337 e. The molecule has 1 fully saturated rings. The van der Waals surface area contributed by atoms with Gasteiger partial charge < -0.3 is 4.90 Å². The molecule has 1 saturated heterocycles. The van der Waals surface area contributed by atoms with E-state index in [2.05, 4.69) is 10.4 Å². The number of piperidine rings is 1. The molecule has 2 aromatic rings. The van der Waals surface area contributed by atoms with Crippen molar-refractivity contribution < 1.29 is 13.6 Å². The van der Waals surface area contributed by atoms with Gasteiger partial charge in [-0.15, -0.1) is 0 Å². The van der Waals surface area contributed by atoms with Crippen LogP contribution in [0.1, 0.15) is 37.1 Å². The minimum atomic E-state index is -0.619. The van der Waals surface area contributed by atoms with Crippen LogP contribution in [0.5, 0.6) is 0 Å². The molecule has 2 atom stereocenters. The van der Waals surface area contributed by atoms with Crippen molar-refractivity contribution in [1.29, 1.82) is 0 Å². The van der Waals surface area contributed by atoms with E-state index >= 15 is 0 Å². The van der Waals surface area contributed by atoms with Gasteiger partial charge in [0.2, 0.25) is 5.91 Å². The average molecular weight is 348 g/mol. The number of rotatable bonds is 5. The highest BCUT2D eigenvalue weighted by Crippen LogP contribution is 2.20. The lowest BCUT2D eigenvalue weighted by atomic mass is 10.0. The van der Waals surface area contributed by atoms with E-state index in [9.17, 15) is 13.6 Å². The van der Waals surface area contributed by atoms with Crippen LogP contribution in [-0.4, -0.2) is 33.2 Å². The molecule has 1 N–H and O–H groups in total. The second-order valence-electron chi connectivity index (χ2n) is 6.46. The molecule has 0 bridgehead atoms. The highest BCUT2D eigenvalue weighted by molar-refractivity contribution is 5.82. The number of hydrogen-bond acceptors (Lipinski definition) is 3. The van der Waals surface area contributed by atoms with E-state index in [0.29, 0.717) is 12.1 Å². The molecule has 1 amide bonds. The molecule has 25 heavy (non-hydrogen) atoms. The maximum absolute atomic E-state index is 13.9. The van der Waals surface area contributed by atoms with Gasteiger partial charge in [-0.1, -0.05) is 6.07 Å². The van der Waals surface area contributed by atoms with Gasteiger partial charge in [-0.2, -0.15) is 5.10 Å². The molecule has 1 aliphatic rings. The van der Waals surface area contributed by atoms with Gasteiger partial charge in [-0.25, -0.2) is 8.78 Å². The van der Waals surface area contributed by atoms with Crippen LogP contribution < -0.4 is 5.32 Å². The number of halogens is 2. The van der Waals surface area contributed by atoms with Crippen molar-refractivity contribution >= 4 is 5.91 Å². The molecule has 1 aromatic heterocycles. The van der Waals surface area contributed by atoms with Crippen LogP contribution in [0.2, 0.25) is 0 Å². The van der Waals surface area contributed by atoms with Crippen molar-refractivity contribution in [3.05, 3.63) is 53.4 Å². The summed E-state index contributed by atoms with van der Waals surface area (Å²) in [5.41, 5.74) is 1.32. The van der Waals surface area contributed by atoms with Crippen molar-refractivity contribution in [3.63, 3.8) is 0 Å². The normalized spacial score (nSPS) is 19.3. The molecule has 0 radical (unpaired) electrons. The van der Waals surface area contributed by atoms with Crippen molar-refractivity contribution in [2.75, 3.05) is 6.54 Å². The monoisotopic (exact) mass is 348 g/mol. The highest BCUT2D eigenvalue weighted by atomic mass is 19.1. The summed E-state index contributed by atoms with van der Waals surface area (Å²) in [5, 5.41) is 7.49. The predicted octanol–water partition coefficient (Wildman–Crippen LogP) is 2.54. The van der Waals surface area contributed by atoms with E-state index in [1.54, 1.807) is 15.8 Å². The summed E-state index contributed by atoms with van der Waals surface area (Å²) in [6, 6.07) is 5.03. The quantitative estimate of drug-likeness (QED) is 0.903. The minimum Gasteiger partial charge on any atom is -0.337 e. The fourth-order valence-electron chi connectivity index (χ4n) is 3.30.